The molecule has 0 amide bonds. The predicted molar refractivity (Wildman–Crippen MR) is 68.5 cm³/mol. The Balaban J connectivity index is 3.67. The van der Waals surface area contributed by atoms with Crippen molar-refractivity contribution >= 4 is 32.6 Å². The minimum atomic E-state index is -4.42. The van der Waals surface area contributed by atoms with E-state index in [-0.39, 0.29) is 10.6 Å². The molecule has 18 heavy (non-hydrogen) atoms. The zero-order chi connectivity index (χ0) is 14.1. The van der Waals surface area contributed by atoms with Gasteiger partial charge in [0.15, 0.2) is 11.1 Å². The van der Waals surface area contributed by atoms with E-state index < -0.39 is 26.1 Å². The van der Waals surface area contributed by atoms with Crippen molar-refractivity contribution in [1.29, 1.82) is 0 Å². The number of nitrogens with zero attached hydrogens (tertiary/aromatic N) is 1. The second kappa shape index (κ2) is 5.27. The topological polar surface area (TPSA) is 104 Å². The van der Waals surface area contributed by atoms with Crippen molar-refractivity contribution in [1.82, 2.24) is 0 Å². The number of benzene rings is 1. The summed E-state index contributed by atoms with van der Waals surface area (Å²) in [5, 5.41) is 0. The van der Waals surface area contributed by atoms with Crippen LogP contribution in [0.15, 0.2) is 26.9 Å². The van der Waals surface area contributed by atoms with E-state index >= 15 is 0 Å². The molecule has 0 fully saturated rings. The minimum absolute atomic E-state index is 0.149. The lowest BCUT2D eigenvalue weighted by Crippen LogP contribution is -2.02. The third kappa shape index (κ3) is 3.45. The van der Waals surface area contributed by atoms with Crippen LogP contribution in [0.3, 0.4) is 0 Å². The molecule has 1 aromatic rings. The third-order valence-corrected chi connectivity index (χ3v) is 3.58. The molecule has 2 N–H and O–H groups in total. The molecule has 0 heterocycles. The van der Waals surface area contributed by atoms with Crippen LogP contribution in [0, 0.1) is 6.92 Å². The summed E-state index contributed by atoms with van der Waals surface area (Å²) in [4.78, 5) is 3.52. The van der Waals surface area contributed by atoms with E-state index in [0.29, 0.717) is 11.3 Å². The first kappa shape index (κ1) is 15.0. The van der Waals surface area contributed by atoms with Gasteiger partial charge in [-0.2, -0.15) is 8.42 Å². The number of hydrogen-bond acceptors (Lipinski definition) is 4. The molecule has 8 heteroatoms. The van der Waals surface area contributed by atoms with E-state index in [1.54, 1.807) is 20.8 Å². The molecule has 0 spiro atoms. The first-order valence-electron chi connectivity index (χ1n) is 4.88. The molecule has 0 bridgehead atoms. The van der Waals surface area contributed by atoms with E-state index in [2.05, 4.69) is 4.99 Å². The molecule has 0 saturated heterocycles. The summed E-state index contributed by atoms with van der Waals surface area (Å²) in [6.45, 7) is 4.97. The van der Waals surface area contributed by atoms with Crippen LogP contribution in [-0.4, -0.2) is 27.4 Å². The zero-order valence-electron chi connectivity index (χ0n) is 10.0. The number of rotatable bonds is 3. The zero-order valence-corrected chi connectivity index (χ0v) is 11.7. The predicted octanol–water partition coefficient (Wildman–Crippen LogP) is 1.93. The molecule has 0 saturated carbocycles. The summed E-state index contributed by atoms with van der Waals surface area (Å²) in [6.07, 6.45) is 0. The standard InChI is InChI=1S/C10H13NO5S2/c1-6(2)11-10-7(3)4-8(18(14,15)16)5-9(10)17(12)13/h4-5H,1-3H3,(H,12,13)(H,14,15,16). The quantitative estimate of drug-likeness (QED) is 0.503. The van der Waals surface area contributed by atoms with Gasteiger partial charge in [0.05, 0.1) is 15.5 Å². The van der Waals surface area contributed by atoms with E-state index in [4.69, 9.17) is 9.11 Å². The summed E-state index contributed by atoms with van der Waals surface area (Å²) in [5.41, 5.74) is 1.29. The molecule has 100 valence electrons. The van der Waals surface area contributed by atoms with Crippen LogP contribution >= 0.6 is 0 Å². The second-order valence-electron chi connectivity index (χ2n) is 3.87. The summed E-state index contributed by atoms with van der Waals surface area (Å²) < 4.78 is 51.4. The van der Waals surface area contributed by atoms with Gasteiger partial charge in [-0.25, -0.2) is 4.21 Å². The molecule has 0 aromatic heterocycles. The van der Waals surface area contributed by atoms with E-state index in [9.17, 15) is 12.6 Å². The van der Waals surface area contributed by atoms with Gasteiger partial charge in [0.2, 0.25) is 0 Å². The molecule has 0 aliphatic carbocycles. The molecule has 1 rings (SSSR count). The Hall–Kier alpha value is -1.09. The lowest BCUT2D eigenvalue weighted by atomic mass is 10.2. The van der Waals surface area contributed by atoms with Gasteiger partial charge in [-0.1, -0.05) is 0 Å². The van der Waals surface area contributed by atoms with Gasteiger partial charge in [-0.05, 0) is 38.5 Å². The fraction of sp³-hybridized carbons (Fsp3) is 0.300. The number of aryl methyl sites for hydroxylation is 1. The van der Waals surface area contributed by atoms with Crippen LogP contribution < -0.4 is 0 Å². The summed E-state index contributed by atoms with van der Waals surface area (Å²) in [6, 6.07) is 2.15. The Labute approximate surface area is 108 Å². The van der Waals surface area contributed by atoms with Crippen LogP contribution in [0.4, 0.5) is 5.69 Å². The van der Waals surface area contributed by atoms with Crippen molar-refractivity contribution in [2.45, 2.75) is 30.6 Å². The molecule has 0 aliphatic heterocycles. The highest BCUT2D eigenvalue weighted by Crippen LogP contribution is 2.30. The van der Waals surface area contributed by atoms with E-state index in [1.807, 2.05) is 0 Å². The van der Waals surface area contributed by atoms with Crippen molar-refractivity contribution in [3.63, 3.8) is 0 Å². The maximum atomic E-state index is 11.2. The van der Waals surface area contributed by atoms with Gasteiger partial charge >= 0.3 is 0 Å². The first-order chi connectivity index (χ1) is 8.12. The number of aliphatic imine (C=N–C) groups is 1. The maximum Gasteiger partial charge on any atom is 0.294 e. The molecule has 1 aromatic carbocycles. The highest BCUT2D eigenvalue weighted by atomic mass is 32.2. The molecule has 6 nitrogen and oxygen atoms in total. The molecule has 0 aliphatic rings. The van der Waals surface area contributed by atoms with Gasteiger partial charge in [0.1, 0.15) is 0 Å². The Bertz CT molecular complexity index is 630. The minimum Gasteiger partial charge on any atom is -0.302 e. The Morgan fingerprint density at radius 1 is 1.33 bits per heavy atom. The molecule has 1 atom stereocenters. The smallest absolute Gasteiger partial charge is 0.294 e. The van der Waals surface area contributed by atoms with Gasteiger partial charge < -0.3 is 4.55 Å². The largest absolute Gasteiger partial charge is 0.302 e. The number of hydrogen-bond donors (Lipinski definition) is 2. The second-order valence-corrected chi connectivity index (χ2v) is 6.23. The van der Waals surface area contributed by atoms with Crippen molar-refractivity contribution in [3.05, 3.63) is 17.7 Å². The van der Waals surface area contributed by atoms with Crippen LogP contribution in [0.5, 0.6) is 0 Å². The highest BCUT2D eigenvalue weighted by Gasteiger charge is 2.18. The average molecular weight is 291 g/mol. The Morgan fingerprint density at radius 2 is 1.89 bits per heavy atom. The maximum absolute atomic E-state index is 11.2. The van der Waals surface area contributed by atoms with Gasteiger partial charge in [0, 0.05) is 5.71 Å². The van der Waals surface area contributed by atoms with Crippen LogP contribution in [-0.2, 0) is 21.2 Å². The first-order valence-corrected chi connectivity index (χ1v) is 7.42. The van der Waals surface area contributed by atoms with Crippen LogP contribution in [0.25, 0.3) is 0 Å². The van der Waals surface area contributed by atoms with Crippen molar-refractivity contribution in [2.24, 2.45) is 4.99 Å². The fourth-order valence-electron chi connectivity index (χ4n) is 1.36. The van der Waals surface area contributed by atoms with E-state index in [0.717, 1.165) is 6.07 Å². The third-order valence-electron chi connectivity index (χ3n) is 2.06. The average Bonchev–Trinajstić information content (AvgIpc) is 2.17. The van der Waals surface area contributed by atoms with E-state index in [1.165, 1.54) is 6.07 Å². The van der Waals surface area contributed by atoms with Gasteiger partial charge in [0.25, 0.3) is 10.1 Å². The Morgan fingerprint density at radius 3 is 2.28 bits per heavy atom. The van der Waals surface area contributed by atoms with Gasteiger partial charge in [-0.3, -0.25) is 9.55 Å². The van der Waals surface area contributed by atoms with Gasteiger partial charge in [-0.15, -0.1) is 0 Å². The SMILES string of the molecule is CC(C)=Nc1c(C)cc(S(=O)(=O)O)cc1S(=O)O. The Kier molecular flexibility index (Phi) is 4.38. The fourth-order valence-corrected chi connectivity index (χ4v) is 2.63. The van der Waals surface area contributed by atoms with Crippen LogP contribution in [0.2, 0.25) is 0 Å². The molecule has 0 radical (unpaired) electrons. The summed E-state index contributed by atoms with van der Waals surface area (Å²) in [5.74, 6) is 0. The molecule has 1 unspecified atom stereocenters. The molecular formula is C10H13NO5S2. The van der Waals surface area contributed by atoms with Crippen molar-refractivity contribution < 1.29 is 21.7 Å². The molecular weight excluding hydrogens is 278 g/mol. The lowest BCUT2D eigenvalue weighted by molar-refractivity contribution is 0.483. The normalized spacial score (nSPS) is 13.2. The van der Waals surface area contributed by atoms with Crippen molar-refractivity contribution in [2.75, 3.05) is 0 Å². The van der Waals surface area contributed by atoms with Crippen molar-refractivity contribution in [3.8, 4) is 0 Å². The summed E-state index contributed by atoms with van der Waals surface area (Å²) in [7, 11) is -4.42. The monoisotopic (exact) mass is 291 g/mol. The highest BCUT2D eigenvalue weighted by molar-refractivity contribution is 7.86. The van der Waals surface area contributed by atoms with Crippen LogP contribution in [0.1, 0.15) is 19.4 Å². The summed E-state index contributed by atoms with van der Waals surface area (Å²) >= 11 is -2.39. The lowest BCUT2D eigenvalue weighted by Gasteiger charge is -2.08.